The Hall–Kier alpha value is -1.11. The Balaban J connectivity index is 1.90. The molecule has 1 fully saturated rings. The SMILES string of the molecule is Nc1ccc(NC(=O)CN2CCCC(O)C2)c(Br)c1. The van der Waals surface area contributed by atoms with Gasteiger partial charge in [-0.25, -0.2) is 0 Å². The van der Waals surface area contributed by atoms with Gasteiger partial charge in [0.15, 0.2) is 0 Å². The molecule has 4 N–H and O–H groups in total. The number of β-amino-alcohol motifs (C(OH)–C–C–N with tert-alkyl or cyclic N) is 1. The second-order valence-electron chi connectivity index (χ2n) is 4.82. The lowest BCUT2D eigenvalue weighted by Crippen LogP contribution is -2.42. The van der Waals surface area contributed by atoms with Crippen LogP contribution in [0.2, 0.25) is 0 Å². The maximum Gasteiger partial charge on any atom is 0.238 e. The number of nitrogens with zero attached hydrogens (tertiary/aromatic N) is 1. The molecule has 1 unspecified atom stereocenters. The smallest absolute Gasteiger partial charge is 0.238 e. The number of piperidine rings is 1. The highest BCUT2D eigenvalue weighted by Crippen LogP contribution is 2.24. The summed E-state index contributed by atoms with van der Waals surface area (Å²) in [5, 5.41) is 12.4. The van der Waals surface area contributed by atoms with Gasteiger partial charge in [-0.3, -0.25) is 9.69 Å². The maximum absolute atomic E-state index is 11.9. The maximum atomic E-state index is 11.9. The molecule has 1 atom stereocenters. The van der Waals surface area contributed by atoms with E-state index in [2.05, 4.69) is 21.2 Å². The Kier molecular flexibility index (Phi) is 4.79. The van der Waals surface area contributed by atoms with Gasteiger partial charge < -0.3 is 16.2 Å². The zero-order valence-corrected chi connectivity index (χ0v) is 12.2. The lowest BCUT2D eigenvalue weighted by atomic mass is 10.1. The molecule has 1 saturated heterocycles. The van der Waals surface area contributed by atoms with Crippen LogP contribution in [0.25, 0.3) is 0 Å². The van der Waals surface area contributed by atoms with Crippen LogP contribution in [0.3, 0.4) is 0 Å². The van der Waals surface area contributed by atoms with E-state index in [1.807, 2.05) is 4.90 Å². The molecule has 1 aliphatic rings. The van der Waals surface area contributed by atoms with Crippen molar-refractivity contribution in [3.05, 3.63) is 22.7 Å². The molecule has 0 aromatic heterocycles. The zero-order valence-electron chi connectivity index (χ0n) is 10.6. The first-order chi connectivity index (χ1) is 9.04. The van der Waals surface area contributed by atoms with Crippen molar-refractivity contribution < 1.29 is 9.90 Å². The number of benzene rings is 1. The first-order valence-corrected chi connectivity index (χ1v) is 7.09. The van der Waals surface area contributed by atoms with E-state index in [-0.39, 0.29) is 12.0 Å². The van der Waals surface area contributed by atoms with Gasteiger partial charge in [-0.2, -0.15) is 0 Å². The van der Waals surface area contributed by atoms with Crippen LogP contribution in [0, 0.1) is 0 Å². The molecule has 1 heterocycles. The Morgan fingerprint density at radius 3 is 3.05 bits per heavy atom. The monoisotopic (exact) mass is 327 g/mol. The van der Waals surface area contributed by atoms with E-state index < -0.39 is 0 Å². The number of anilines is 2. The normalized spacial score (nSPS) is 20.2. The number of nitrogens with two attached hydrogens (primary N) is 1. The molecule has 1 aliphatic heterocycles. The largest absolute Gasteiger partial charge is 0.399 e. The van der Waals surface area contributed by atoms with Gasteiger partial charge in [0.2, 0.25) is 5.91 Å². The number of carbonyl (C=O) groups excluding carboxylic acids is 1. The molecule has 1 amide bonds. The van der Waals surface area contributed by atoms with Crippen LogP contribution in [0.5, 0.6) is 0 Å². The molecule has 0 radical (unpaired) electrons. The summed E-state index contributed by atoms with van der Waals surface area (Å²) in [6.07, 6.45) is 1.44. The molecule has 0 spiro atoms. The van der Waals surface area contributed by atoms with E-state index in [9.17, 15) is 9.90 Å². The van der Waals surface area contributed by atoms with Crippen LogP contribution in [0.4, 0.5) is 11.4 Å². The number of aliphatic hydroxyl groups is 1. The highest BCUT2D eigenvalue weighted by atomic mass is 79.9. The summed E-state index contributed by atoms with van der Waals surface area (Å²) in [6.45, 7) is 1.72. The number of amides is 1. The van der Waals surface area contributed by atoms with Crippen LogP contribution < -0.4 is 11.1 Å². The first-order valence-electron chi connectivity index (χ1n) is 6.30. The van der Waals surface area contributed by atoms with E-state index >= 15 is 0 Å². The molecule has 0 saturated carbocycles. The predicted octanol–water partition coefficient (Wildman–Crippen LogP) is 1.43. The lowest BCUT2D eigenvalue weighted by Gasteiger charge is -2.29. The summed E-state index contributed by atoms with van der Waals surface area (Å²) >= 11 is 3.36. The first kappa shape index (κ1) is 14.3. The van der Waals surface area contributed by atoms with E-state index in [0.717, 1.165) is 23.9 Å². The van der Waals surface area contributed by atoms with E-state index in [4.69, 9.17) is 5.73 Å². The number of halogens is 1. The summed E-state index contributed by atoms with van der Waals surface area (Å²) in [7, 11) is 0. The van der Waals surface area contributed by atoms with Crippen molar-refractivity contribution in [2.75, 3.05) is 30.7 Å². The molecule has 6 heteroatoms. The van der Waals surface area contributed by atoms with Crippen LogP contribution in [0.1, 0.15) is 12.8 Å². The van der Waals surface area contributed by atoms with Gasteiger partial charge in [-0.1, -0.05) is 0 Å². The van der Waals surface area contributed by atoms with Gasteiger partial charge in [-0.05, 0) is 53.5 Å². The van der Waals surface area contributed by atoms with Crippen LogP contribution in [-0.4, -0.2) is 41.7 Å². The standard InChI is InChI=1S/C13H18BrN3O2/c14-11-6-9(15)3-4-12(11)16-13(19)8-17-5-1-2-10(18)7-17/h3-4,6,10,18H,1-2,5,7-8,15H2,(H,16,19). The predicted molar refractivity (Wildman–Crippen MR) is 78.9 cm³/mol. The van der Waals surface area contributed by atoms with E-state index in [1.165, 1.54) is 0 Å². The number of carbonyl (C=O) groups is 1. The van der Waals surface area contributed by atoms with Gasteiger partial charge in [0.05, 0.1) is 18.3 Å². The third kappa shape index (κ3) is 4.19. The van der Waals surface area contributed by atoms with Crippen molar-refractivity contribution >= 4 is 33.2 Å². The molecule has 1 aromatic carbocycles. The van der Waals surface area contributed by atoms with E-state index in [0.29, 0.717) is 24.5 Å². The molecule has 0 aliphatic carbocycles. The van der Waals surface area contributed by atoms with Gasteiger partial charge in [0, 0.05) is 16.7 Å². The number of nitrogen functional groups attached to an aromatic ring is 1. The Bertz CT molecular complexity index is 467. The fourth-order valence-electron chi connectivity index (χ4n) is 2.20. The Morgan fingerprint density at radius 1 is 1.58 bits per heavy atom. The van der Waals surface area contributed by atoms with Crippen molar-refractivity contribution in [2.24, 2.45) is 0 Å². The third-order valence-corrected chi connectivity index (χ3v) is 3.77. The molecule has 0 bridgehead atoms. The van der Waals surface area contributed by atoms with Crippen LogP contribution in [0.15, 0.2) is 22.7 Å². The minimum absolute atomic E-state index is 0.0837. The lowest BCUT2D eigenvalue weighted by molar-refractivity contribution is -0.118. The molecule has 2 rings (SSSR count). The topological polar surface area (TPSA) is 78.6 Å². The molecule has 5 nitrogen and oxygen atoms in total. The highest BCUT2D eigenvalue weighted by molar-refractivity contribution is 9.10. The molecule has 104 valence electrons. The van der Waals surface area contributed by atoms with Crippen molar-refractivity contribution in [3.63, 3.8) is 0 Å². The summed E-state index contributed by atoms with van der Waals surface area (Å²) in [5.74, 6) is -0.0837. The van der Waals surface area contributed by atoms with Gasteiger partial charge >= 0.3 is 0 Å². The Labute approximate surface area is 120 Å². The molecular weight excluding hydrogens is 310 g/mol. The summed E-state index contributed by atoms with van der Waals surface area (Å²) in [6, 6.07) is 5.26. The summed E-state index contributed by atoms with van der Waals surface area (Å²) in [4.78, 5) is 13.9. The summed E-state index contributed by atoms with van der Waals surface area (Å²) < 4.78 is 0.763. The minimum Gasteiger partial charge on any atom is -0.399 e. The summed E-state index contributed by atoms with van der Waals surface area (Å²) in [5.41, 5.74) is 6.99. The fourth-order valence-corrected chi connectivity index (χ4v) is 2.70. The van der Waals surface area contributed by atoms with Crippen molar-refractivity contribution in [2.45, 2.75) is 18.9 Å². The number of hydrogen-bond donors (Lipinski definition) is 3. The third-order valence-electron chi connectivity index (χ3n) is 3.12. The van der Waals surface area contributed by atoms with Gasteiger partial charge in [-0.15, -0.1) is 0 Å². The number of aliphatic hydroxyl groups excluding tert-OH is 1. The van der Waals surface area contributed by atoms with E-state index in [1.54, 1.807) is 18.2 Å². The number of nitrogens with one attached hydrogen (secondary N) is 1. The van der Waals surface area contributed by atoms with Crippen molar-refractivity contribution in [1.29, 1.82) is 0 Å². The fraction of sp³-hybridized carbons (Fsp3) is 0.462. The molecule has 1 aromatic rings. The van der Waals surface area contributed by atoms with Gasteiger partial charge in [0.25, 0.3) is 0 Å². The Morgan fingerprint density at radius 2 is 2.37 bits per heavy atom. The highest BCUT2D eigenvalue weighted by Gasteiger charge is 2.19. The molecular formula is C13H18BrN3O2. The average Bonchev–Trinajstić information content (AvgIpc) is 2.33. The minimum atomic E-state index is -0.315. The zero-order chi connectivity index (χ0) is 13.8. The quantitative estimate of drug-likeness (QED) is 0.734. The van der Waals surface area contributed by atoms with Crippen molar-refractivity contribution in [3.8, 4) is 0 Å². The van der Waals surface area contributed by atoms with Crippen molar-refractivity contribution in [1.82, 2.24) is 4.90 Å². The number of hydrogen-bond acceptors (Lipinski definition) is 4. The van der Waals surface area contributed by atoms with Gasteiger partial charge in [0.1, 0.15) is 0 Å². The second kappa shape index (κ2) is 6.36. The number of rotatable bonds is 3. The number of likely N-dealkylation sites (tertiary alicyclic amines) is 1. The average molecular weight is 328 g/mol. The van der Waals surface area contributed by atoms with Crippen LogP contribution in [-0.2, 0) is 4.79 Å². The second-order valence-corrected chi connectivity index (χ2v) is 5.67. The molecule has 19 heavy (non-hydrogen) atoms. The van der Waals surface area contributed by atoms with Crippen LogP contribution >= 0.6 is 15.9 Å².